The summed E-state index contributed by atoms with van der Waals surface area (Å²) in [6.45, 7) is 0. The number of hydrogen-bond acceptors (Lipinski definition) is 2. The van der Waals surface area contributed by atoms with Crippen LogP contribution in [0.15, 0.2) is 60.7 Å². The fourth-order valence-electron chi connectivity index (χ4n) is 2.10. The van der Waals surface area contributed by atoms with Gasteiger partial charge < -0.3 is 10.8 Å². The van der Waals surface area contributed by atoms with Crippen molar-refractivity contribution in [2.75, 3.05) is 5.73 Å². The third-order valence-electron chi connectivity index (χ3n) is 3.06. The molecule has 0 saturated heterocycles. The lowest BCUT2D eigenvalue weighted by atomic mass is 10.0. The van der Waals surface area contributed by atoms with E-state index >= 15 is 0 Å². The molecule has 0 atom stereocenters. The predicted molar refractivity (Wildman–Crippen MR) is 75.5 cm³/mol. The highest BCUT2D eigenvalue weighted by molar-refractivity contribution is 5.89. The molecule has 18 heavy (non-hydrogen) atoms. The van der Waals surface area contributed by atoms with Gasteiger partial charge in [-0.3, -0.25) is 0 Å². The van der Waals surface area contributed by atoms with Crippen LogP contribution in [0.1, 0.15) is 0 Å². The molecule has 3 rings (SSSR count). The number of nitrogen functional groups attached to an aromatic ring is 1. The Morgan fingerprint density at radius 2 is 1.28 bits per heavy atom. The molecular weight excluding hydrogens is 222 g/mol. The van der Waals surface area contributed by atoms with E-state index in [9.17, 15) is 5.11 Å². The molecule has 0 aliphatic rings. The molecule has 2 nitrogen and oxygen atoms in total. The highest BCUT2D eigenvalue weighted by Crippen LogP contribution is 2.26. The van der Waals surface area contributed by atoms with E-state index in [4.69, 9.17) is 5.73 Å². The molecule has 0 radical (unpaired) electrons. The highest BCUT2D eigenvalue weighted by atomic mass is 16.3. The van der Waals surface area contributed by atoms with E-state index in [1.165, 1.54) is 0 Å². The first kappa shape index (κ1) is 10.7. The lowest BCUT2D eigenvalue weighted by Crippen LogP contribution is -1.84. The summed E-state index contributed by atoms with van der Waals surface area (Å²) in [5, 5.41) is 11.6. The Kier molecular flexibility index (Phi) is 2.41. The zero-order valence-corrected chi connectivity index (χ0v) is 9.80. The molecule has 0 unspecified atom stereocenters. The molecule has 88 valence electrons. The van der Waals surface area contributed by atoms with Gasteiger partial charge in [0.1, 0.15) is 5.75 Å². The summed E-state index contributed by atoms with van der Waals surface area (Å²) in [7, 11) is 0. The molecule has 2 heteroatoms. The highest BCUT2D eigenvalue weighted by Gasteiger charge is 2.00. The molecule has 3 aromatic carbocycles. The van der Waals surface area contributed by atoms with Crippen LogP contribution >= 0.6 is 0 Å². The number of phenolic OH excluding ortho intramolecular Hbond substituents is 1. The van der Waals surface area contributed by atoms with Gasteiger partial charge in [0.05, 0.1) is 0 Å². The minimum atomic E-state index is 0.285. The van der Waals surface area contributed by atoms with Gasteiger partial charge >= 0.3 is 0 Å². The molecule has 0 spiro atoms. The number of hydrogen-bond donors (Lipinski definition) is 2. The average molecular weight is 235 g/mol. The van der Waals surface area contributed by atoms with Crippen LogP contribution in [0.2, 0.25) is 0 Å². The van der Waals surface area contributed by atoms with Gasteiger partial charge in [0, 0.05) is 5.69 Å². The van der Waals surface area contributed by atoms with E-state index in [1.807, 2.05) is 30.3 Å². The lowest BCUT2D eigenvalue weighted by molar-refractivity contribution is 0.475. The number of benzene rings is 3. The maximum Gasteiger partial charge on any atom is 0.115 e. The topological polar surface area (TPSA) is 46.2 Å². The van der Waals surface area contributed by atoms with Gasteiger partial charge in [0.25, 0.3) is 0 Å². The van der Waals surface area contributed by atoms with Crippen molar-refractivity contribution in [1.29, 1.82) is 0 Å². The van der Waals surface area contributed by atoms with Gasteiger partial charge in [-0.1, -0.05) is 30.3 Å². The van der Waals surface area contributed by atoms with Crippen molar-refractivity contribution in [2.45, 2.75) is 0 Å². The third kappa shape index (κ3) is 1.89. The number of aromatic hydroxyl groups is 1. The van der Waals surface area contributed by atoms with Crippen LogP contribution < -0.4 is 5.73 Å². The van der Waals surface area contributed by atoms with Crippen molar-refractivity contribution in [3.8, 4) is 16.9 Å². The summed E-state index contributed by atoms with van der Waals surface area (Å²) in [5.74, 6) is 0.285. The van der Waals surface area contributed by atoms with Crippen molar-refractivity contribution < 1.29 is 5.11 Å². The molecule has 0 heterocycles. The van der Waals surface area contributed by atoms with E-state index in [0.717, 1.165) is 27.6 Å². The summed E-state index contributed by atoms with van der Waals surface area (Å²) in [6.07, 6.45) is 0. The zero-order valence-electron chi connectivity index (χ0n) is 9.80. The second-order valence-electron chi connectivity index (χ2n) is 4.37. The van der Waals surface area contributed by atoms with Crippen molar-refractivity contribution in [3.63, 3.8) is 0 Å². The van der Waals surface area contributed by atoms with E-state index in [2.05, 4.69) is 18.2 Å². The van der Waals surface area contributed by atoms with Crippen molar-refractivity contribution in [3.05, 3.63) is 60.7 Å². The minimum absolute atomic E-state index is 0.285. The first-order chi connectivity index (χ1) is 8.72. The van der Waals surface area contributed by atoms with E-state index in [-0.39, 0.29) is 5.75 Å². The summed E-state index contributed by atoms with van der Waals surface area (Å²) in [6, 6.07) is 19.4. The maximum absolute atomic E-state index is 9.29. The van der Waals surface area contributed by atoms with Gasteiger partial charge in [0.2, 0.25) is 0 Å². The summed E-state index contributed by atoms with van der Waals surface area (Å²) >= 11 is 0. The van der Waals surface area contributed by atoms with Gasteiger partial charge in [-0.25, -0.2) is 0 Å². The Balaban J connectivity index is 2.13. The first-order valence-corrected chi connectivity index (χ1v) is 5.81. The Labute approximate surface area is 105 Å². The van der Waals surface area contributed by atoms with Gasteiger partial charge in [0.15, 0.2) is 0 Å². The molecule has 3 N–H and O–H groups in total. The van der Waals surface area contributed by atoms with Gasteiger partial charge in [-0.2, -0.15) is 0 Å². The Morgan fingerprint density at radius 3 is 2.06 bits per heavy atom. The Bertz CT molecular complexity index is 702. The molecule has 3 aromatic rings. The standard InChI is InChI=1S/C16H13NO/c17-15-6-3-13-9-12(1-2-14(13)10-15)11-4-7-16(18)8-5-11/h1-10,18H,17H2. The second-order valence-corrected chi connectivity index (χ2v) is 4.37. The van der Waals surface area contributed by atoms with Crippen molar-refractivity contribution in [1.82, 2.24) is 0 Å². The second kappa shape index (κ2) is 4.08. The van der Waals surface area contributed by atoms with E-state index in [0.29, 0.717) is 0 Å². The van der Waals surface area contributed by atoms with Crippen molar-refractivity contribution >= 4 is 16.5 Å². The van der Waals surface area contributed by atoms with Crippen LogP contribution in [0.5, 0.6) is 5.75 Å². The van der Waals surface area contributed by atoms with Crippen LogP contribution in [0.3, 0.4) is 0 Å². The summed E-state index contributed by atoms with van der Waals surface area (Å²) in [5.41, 5.74) is 8.76. The molecule has 0 fully saturated rings. The lowest BCUT2D eigenvalue weighted by Gasteiger charge is -2.05. The summed E-state index contributed by atoms with van der Waals surface area (Å²) < 4.78 is 0. The number of anilines is 1. The fourth-order valence-corrected chi connectivity index (χ4v) is 2.10. The number of phenols is 1. The molecule has 0 aliphatic carbocycles. The summed E-state index contributed by atoms with van der Waals surface area (Å²) in [4.78, 5) is 0. The molecule has 0 bridgehead atoms. The smallest absolute Gasteiger partial charge is 0.115 e. The molecule has 0 aliphatic heterocycles. The quantitative estimate of drug-likeness (QED) is 0.630. The van der Waals surface area contributed by atoms with Crippen LogP contribution in [0, 0.1) is 0 Å². The predicted octanol–water partition coefficient (Wildman–Crippen LogP) is 3.79. The third-order valence-corrected chi connectivity index (χ3v) is 3.06. The Morgan fingerprint density at radius 1 is 0.667 bits per heavy atom. The molecular formula is C16H13NO. The van der Waals surface area contributed by atoms with E-state index < -0.39 is 0 Å². The van der Waals surface area contributed by atoms with Gasteiger partial charge in [-0.05, 0) is 52.2 Å². The van der Waals surface area contributed by atoms with Crippen LogP contribution in [-0.2, 0) is 0 Å². The van der Waals surface area contributed by atoms with Crippen LogP contribution in [0.25, 0.3) is 21.9 Å². The number of nitrogens with two attached hydrogens (primary N) is 1. The number of rotatable bonds is 1. The zero-order chi connectivity index (χ0) is 12.5. The molecule has 0 aromatic heterocycles. The van der Waals surface area contributed by atoms with Gasteiger partial charge in [-0.15, -0.1) is 0 Å². The normalized spacial score (nSPS) is 10.7. The maximum atomic E-state index is 9.29. The monoisotopic (exact) mass is 235 g/mol. The van der Waals surface area contributed by atoms with Crippen molar-refractivity contribution in [2.24, 2.45) is 0 Å². The fraction of sp³-hybridized carbons (Fsp3) is 0. The average Bonchev–Trinajstić information content (AvgIpc) is 2.39. The largest absolute Gasteiger partial charge is 0.508 e. The minimum Gasteiger partial charge on any atom is -0.508 e. The Hall–Kier alpha value is -2.48. The first-order valence-electron chi connectivity index (χ1n) is 5.81. The van der Waals surface area contributed by atoms with Crippen LogP contribution in [-0.4, -0.2) is 5.11 Å². The number of fused-ring (bicyclic) bond motifs is 1. The molecule has 0 saturated carbocycles. The SMILES string of the molecule is Nc1ccc2cc(-c3ccc(O)cc3)ccc2c1. The van der Waals surface area contributed by atoms with Crippen LogP contribution in [0.4, 0.5) is 5.69 Å². The molecule has 0 amide bonds. The van der Waals surface area contributed by atoms with E-state index in [1.54, 1.807) is 12.1 Å².